The minimum Gasteiger partial charge on any atom is -0.726 e. The molecule has 0 aliphatic carbocycles. The molecule has 0 radical (unpaired) electrons. The van der Waals surface area contributed by atoms with Crippen LogP contribution in [-0.4, -0.2) is 31.3 Å². The Morgan fingerprint density at radius 2 is 1.17 bits per heavy atom. The molecular weight excluding hydrogens is 256 g/mol. The highest BCUT2D eigenvalue weighted by Gasteiger charge is 1.95. The Labute approximate surface area is 110 Å². The van der Waals surface area contributed by atoms with Crippen molar-refractivity contribution in [1.29, 1.82) is 0 Å². The van der Waals surface area contributed by atoms with Crippen molar-refractivity contribution in [3.63, 3.8) is 0 Å². The van der Waals surface area contributed by atoms with Crippen molar-refractivity contribution in [2.24, 2.45) is 0 Å². The van der Waals surface area contributed by atoms with Crippen molar-refractivity contribution < 1.29 is 22.3 Å². The number of hydrogen-bond donors (Lipinski definition) is 1. The highest BCUT2D eigenvalue weighted by atomic mass is 32.3. The molecule has 0 bridgehead atoms. The summed E-state index contributed by atoms with van der Waals surface area (Å²) in [5, 5.41) is 8.59. The van der Waals surface area contributed by atoms with E-state index in [-0.39, 0.29) is 6.61 Å². The van der Waals surface area contributed by atoms with E-state index >= 15 is 0 Å². The molecule has 0 saturated heterocycles. The lowest BCUT2D eigenvalue weighted by Gasteiger charge is -2.07. The lowest BCUT2D eigenvalue weighted by atomic mass is 10.1. The molecule has 0 fully saturated rings. The first-order chi connectivity index (χ1) is 8.56. The van der Waals surface area contributed by atoms with Crippen LogP contribution in [0, 0.1) is 0 Å². The van der Waals surface area contributed by atoms with Crippen LogP contribution in [0.15, 0.2) is 0 Å². The van der Waals surface area contributed by atoms with Gasteiger partial charge >= 0.3 is 0 Å². The Bertz CT molecular complexity index is 264. The predicted octanol–water partition coefficient (Wildman–Crippen LogP) is 2.36. The molecule has 0 aliphatic heterocycles. The normalized spacial score (nSPS) is 11.9. The van der Waals surface area contributed by atoms with E-state index < -0.39 is 10.4 Å². The van der Waals surface area contributed by atoms with E-state index in [4.69, 9.17) is 5.11 Å². The van der Waals surface area contributed by atoms with Crippen LogP contribution in [0.3, 0.4) is 0 Å². The molecule has 0 aliphatic rings. The summed E-state index contributed by atoms with van der Waals surface area (Å²) in [6.45, 7) is 0.300. The minimum atomic E-state index is -4.50. The van der Waals surface area contributed by atoms with Gasteiger partial charge in [0.2, 0.25) is 10.4 Å². The summed E-state index contributed by atoms with van der Waals surface area (Å²) in [6.07, 6.45) is 10.6. The Kier molecular flexibility index (Phi) is 11.8. The Morgan fingerprint density at radius 3 is 1.56 bits per heavy atom. The number of unbranched alkanes of at least 4 members (excludes halogenated alkanes) is 9. The smallest absolute Gasteiger partial charge is 0.217 e. The molecule has 0 aromatic rings. The fraction of sp³-hybridized carbons (Fsp3) is 1.00. The maximum Gasteiger partial charge on any atom is 0.217 e. The SMILES string of the molecule is O=S(=O)([O-])OCCCCCCCCCCCCO. The Balaban J connectivity index is 3.03. The molecule has 0 atom stereocenters. The first kappa shape index (κ1) is 17.8. The van der Waals surface area contributed by atoms with Gasteiger partial charge in [0.1, 0.15) is 0 Å². The molecule has 0 rings (SSSR count). The molecule has 5 nitrogen and oxygen atoms in total. The van der Waals surface area contributed by atoms with Gasteiger partial charge in [0.05, 0.1) is 6.61 Å². The lowest BCUT2D eigenvalue weighted by Crippen LogP contribution is -2.05. The summed E-state index contributed by atoms with van der Waals surface area (Å²) in [7, 11) is -4.50. The molecule has 6 heteroatoms. The van der Waals surface area contributed by atoms with E-state index in [0.717, 1.165) is 32.1 Å². The fourth-order valence-corrected chi connectivity index (χ4v) is 2.11. The average Bonchev–Trinajstić information content (AvgIpc) is 2.29. The molecule has 110 valence electrons. The molecule has 0 spiro atoms. The third-order valence-electron chi connectivity index (χ3n) is 2.78. The number of aliphatic hydroxyl groups excluding tert-OH is 1. The van der Waals surface area contributed by atoms with E-state index in [1.807, 2.05) is 0 Å². The van der Waals surface area contributed by atoms with Crippen LogP contribution in [-0.2, 0) is 14.6 Å². The molecule has 0 aromatic carbocycles. The van der Waals surface area contributed by atoms with Crippen LogP contribution < -0.4 is 0 Å². The van der Waals surface area contributed by atoms with Gasteiger partial charge in [-0.1, -0.05) is 51.4 Å². The van der Waals surface area contributed by atoms with E-state index in [2.05, 4.69) is 4.18 Å². The quantitative estimate of drug-likeness (QED) is 0.318. The van der Waals surface area contributed by atoms with Crippen LogP contribution in [0.2, 0.25) is 0 Å². The number of aliphatic hydroxyl groups is 1. The van der Waals surface area contributed by atoms with Gasteiger partial charge in [-0.15, -0.1) is 0 Å². The summed E-state index contributed by atoms with van der Waals surface area (Å²) in [4.78, 5) is 0. The first-order valence-corrected chi connectivity index (χ1v) is 8.10. The predicted molar refractivity (Wildman–Crippen MR) is 68.9 cm³/mol. The summed E-state index contributed by atoms with van der Waals surface area (Å²) in [6, 6.07) is 0. The Morgan fingerprint density at radius 1 is 0.778 bits per heavy atom. The fourth-order valence-electron chi connectivity index (χ4n) is 1.79. The Hall–Kier alpha value is -0.170. The second-order valence-corrected chi connectivity index (χ2v) is 5.54. The molecule has 0 aromatic heterocycles. The van der Waals surface area contributed by atoms with E-state index in [1.54, 1.807) is 0 Å². The highest BCUT2D eigenvalue weighted by Crippen LogP contribution is 2.10. The summed E-state index contributed by atoms with van der Waals surface area (Å²) < 4.78 is 34.5. The third-order valence-corrected chi connectivity index (χ3v) is 3.24. The van der Waals surface area contributed by atoms with E-state index in [0.29, 0.717) is 13.0 Å². The van der Waals surface area contributed by atoms with Crippen molar-refractivity contribution in [3.8, 4) is 0 Å². The maximum absolute atomic E-state index is 10.1. The zero-order chi connectivity index (χ0) is 13.7. The van der Waals surface area contributed by atoms with Crippen LogP contribution in [0.25, 0.3) is 0 Å². The highest BCUT2D eigenvalue weighted by molar-refractivity contribution is 7.80. The second-order valence-electron chi connectivity index (χ2n) is 4.49. The molecule has 1 N–H and O–H groups in total. The van der Waals surface area contributed by atoms with Crippen LogP contribution in [0.5, 0.6) is 0 Å². The monoisotopic (exact) mass is 281 g/mol. The standard InChI is InChI=1S/C12H26O5S/c13-11-9-7-5-3-1-2-4-6-8-10-12-17-18(14,15)16/h13H,1-12H2,(H,14,15,16)/p-1. The molecule has 0 unspecified atom stereocenters. The maximum atomic E-state index is 10.1. The van der Waals surface area contributed by atoms with Gasteiger partial charge in [-0.25, -0.2) is 8.42 Å². The summed E-state index contributed by atoms with van der Waals surface area (Å²) in [5.74, 6) is 0. The van der Waals surface area contributed by atoms with Gasteiger partial charge in [0.15, 0.2) is 0 Å². The molecule has 0 heterocycles. The number of rotatable bonds is 13. The molecule has 0 saturated carbocycles. The van der Waals surface area contributed by atoms with Crippen molar-refractivity contribution in [1.82, 2.24) is 0 Å². The number of hydrogen-bond acceptors (Lipinski definition) is 5. The topological polar surface area (TPSA) is 86.7 Å². The second kappa shape index (κ2) is 11.9. The van der Waals surface area contributed by atoms with Crippen molar-refractivity contribution in [2.75, 3.05) is 13.2 Å². The molecule has 18 heavy (non-hydrogen) atoms. The molecule has 0 amide bonds. The van der Waals surface area contributed by atoms with Crippen molar-refractivity contribution in [2.45, 2.75) is 64.2 Å². The van der Waals surface area contributed by atoms with Crippen LogP contribution in [0.1, 0.15) is 64.2 Å². The third kappa shape index (κ3) is 15.8. The first-order valence-electron chi connectivity index (χ1n) is 6.77. The van der Waals surface area contributed by atoms with E-state index in [9.17, 15) is 13.0 Å². The lowest BCUT2D eigenvalue weighted by molar-refractivity contribution is 0.255. The van der Waals surface area contributed by atoms with Gasteiger partial charge in [-0.3, -0.25) is 4.18 Å². The van der Waals surface area contributed by atoms with E-state index in [1.165, 1.54) is 25.7 Å². The summed E-state index contributed by atoms with van der Waals surface area (Å²) >= 11 is 0. The van der Waals surface area contributed by atoms with Crippen LogP contribution in [0.4, 0.5) is 0 Å². The van der Waals surface area contributed by atoms with Gasteiger partial charge in [0.25, 0.3) is 0 Å². The average molecular weight is 281 g/mol. The van der Waals surface area contributed by atoms with Crippen molar-refractivity contribution in [3.05, 3.63) is 0 Å². The van der Waals surface area contributed by atoms with Gasteiger partial charge in [0, 0.05) is 6.61 Å². The summed E-state index contributed by atoms with van der Waals surface area (Å²) in [5.41, 5.74) is 0. The zero-order valence-electron chi connectivity index (χ0n) is 11.0. The van der Waals surface area contributed by atoms with Gasteiger partial charge in [-0.2, -0.15) is 0 Å². The van der Waals surface area contributed by atoms with Gasteiger partial charge in [-0.05, 0) is 12.8 Å². The van der Waals surface area contributed by atoms with Crippen LogP contribution >= 0.6 is 0 Å². The zero-order valence-corrected chi connectivity index (χ0v) is 11.8. The van der Waals surface area contributed by atoms with Crippen molar-refractivity contribution >= 4 is 10.4 Å². The molecular formula is C12H25O5S-. The van der Waals surface area contributed by atoms with Gasteiger partial charge < -0.3 is 9.66 Å². The largest absolute Gasteiger partial charge is 0.726 e. The minimum absolute atomic E-state index is 0.00694.